The van der Waals surface area contributed by atoms with Gasteiger partial charge in [-0.05, 0) is 52.9 Å². The van der Waals surface area contributed by atoms with Crippen LogP contribution in [0.15, 0.2) is 53.7 Å². The minimum absolute atomic E-state index is 0.0614. The van der Waals surface area contributed by atoms with Crippen molar-refractivity contribution in [3.05, 3.63) is 59.7 Å². The van der Waals surface area contributed by atoms with Crippen LogP contribution in [0.5, 0.6) is 5.75 Å². The van der Waals surface area contributed by atoms with E-state index in [1.807, 2.05) is 42.3 Å². The van der Waals surface area contributed by atoms with Crippen molar-refractivity contribution in [1.29, 1.82) is 0 Å². The number of thioether (sulfide) groups is 1. The maximum atomic E-state index is 12.9. The highest BCUT2D eigenvalue weighted by Crippen LogP contribution is 2.34. The average Bonchev–Trinajstić information content (AvgIpc) is 3.25. The fraction of sp³-hybridized carbons (Fsp3) is 0.333. The second kappa shape index (κ2) is 8.65. The summed E-state index contributed by atoms with van der Waals surface area (Å²) >= 11 is 1.33. The Kier molecular flexibility index (Phi) is 5.80. The van der Waals surface area contributed by atoms with Crippen molar-refractivity contribution in [2.24, 2.45) is 0 Å². The molecule has 150 valence electrons. The summed E-state index contributed by atoms with van der Waals surface area (Å²) < 4.78 is 7.00. The van der Waals surface area contributed by atoms with Crippen molar-refractivity contribution >= 4 is 17.7 Å². The molecule has 2 aromatic carbocycles. The van der Waals surface area contributed by atoms with E-state index < -0.39 is 0 Å². The second-order valence-corrected chi connectivity index (χ2v) is 7.89. The molecule has 0 spiro atoms. The van der Waals surface area contributed by atoms with Crippen LogP contribution < -0.4 is 4.74 Å². The van der Waals surface area contributed by atoms with Crippen LogP contribution in [0.4, 0.5) is 0 Å². The third-order valence-electron chi connectivity index (χ3n) is 5.28. The Morgan fingerprint density at radius 1 is 1.24 bits per heavy atom. The number of rotatable bonds is 6. The zero-order chi connectivity index (χ0) is 20.2. The summed E-state index contributed by atoms with van der Waals surface area (Å²) in [5, 5.41) is 12.5. The molecule has 3 aromatic rings. The van der Waals surface area contributed by atoms with Gasteiger partial charge in [-0.3, -0.25) is 4.79 Å². The van der Waals surface area contributed by atoms with Crippen molar-refractivity contribution < 1.29 is 9.53 Å². The number of carbonyl (C=O) groups excluding carboxylic acids is 1. The summed E-state index contributed by atoms with van der Waals surface area (Å²) in [6.07, 6.45) is 3.17. The maximum Gasteiger partial charge on any atom is 0.233 e. The summed E-state index contributed by atoms with van der Waals surface area (Å²) in [7, 11) is 3.50. The van der Waals surface area contributed by atoms with Crippen LogP contribution in [0.25, 0.3) is 5.69 Å². The molecule has 0 radical (unpaired) electrons. The van der Waals surface area contributed by atoms with Gasteiger partial charge >= 0.3 is 0 Å². The molecule has 0 bridgehead atoms. The monoisotopic (exact) mass is 409 g/mol. The number of carbonyl (C=O) groups is 1. The van der Waals surface area contributed by atoms with Crippen LogP contribution in [-0.4, -0.2) is 50.9 Å². The Balaban J connectivity index is 1.47. The van der Waals surface area contributed by atoms with E-state index in [-0.39, 0.29) is 17.7 Å². The topological polar surface area (TPSA) is 73.1 Å². The number of tetrazole rings is 1. The molecule has 0 saturated heterocycles. The van der Waals surface area contributed by atoms with E-state index in [2.05, 4.69) is 33.7 Å². The van der Waals surface area contributed by atoms with Crippen LogP contribution in [0, 0.1) is 0 Å². The van der Waals surface area contributed by atoms with Crippen LogP contribution in [0.3, 0.4) is 0 Å². The third kappa shape index (κ3) is 3.98. The summed E-state index contributed by atoms with van der Waals surface area (Å²) in [5.41, 5.74) is 3.35. The highest BCUT2D eigenvalue weighted by Gasteiger charge is 2.27. The standard InChI is InChI=1S/C21H23N5O2S/c1-25(17-12-7-9-15-8-3-4-10-16(15)17)20(27)14-29-21-22-23-24-26(21)18-11-5-6-13-19(18)28-2/h3-6,8,10-11,13,17H,7,9,12,14H2,1-2H3. The van der Waals surface area contributed by atoms with Gasteiger partial charge in [0.05, 0.1) is 18.9 Å². The molecule has 1 heterocycles. The molecule has 8 heteroatoms. The highest BCUT2D eigenvalue weighted by molar-refractivity contribution is 7.99. The van der Waals surface area contributed by atoms with E-state index in [1.54, 1.807) is 11.8 Å². The van der Waals surface area contributed by atoms with Crippen LogP contribution in [0.1, 0.15) is 30.0 Å². The number of hydrogen-bond donors (Lipinski definition) is 0. The predicted molar refractivity (Wildman–Crippen MR) is 111 cm³/mol. The zero-order valence-corrected chi connectivity index (χ0v) is 17.3. The van der Waals surface area contributed by atoms with Crippen molar-refractivity contribution in [2.45, 2.75) is 30.5 Å². The first-order valence-electron chi connectivity index (χ1n) is 9.57. The second-order valence-electron chi connectivity index (χ2n) is 6.95. The summed E-state index contributed by atoms with van der Waals surface area (Å²) in [4.78, 5) is 14.8. The molecule has 1 aliphatic carbocycles. The van der Waals surface area contributed by atoms with E-state index in [0.717, 1.165) is 24.9 Å². The van der Waals surface area contributed by atoms with Gasteiger partial charge in [0.1, 0.15) is 11.4 Å². The number of benzene rings is 2. The van der Waals surface area contributed by atoms with Gasteiger partial charge in [-0.25, -0.2) is 0 Å². The molecule has 0 saturated carbocycles. The molecular weight excluding hydrogens is 386 g/mol. The minimum atomic E-state index is 0.0614. The Bertz CT molecular complexity index is 1010. The maximum absolute atomic E-state index is 12.9. The van der Waals surface area contributed by atoms with Gasteiger partial charge in [0, 0.05) is 7.05 Å². The van der Waals surface area contributed by atoms with Crippen molar-refractivity contribution in [2.75, 3.05) is 19.9 Å². The number of ether oxygens (including phenoxy) is 1. The molecule has 1 aromatic heterocycles. The minimum Gasteiger partial charge on any atom is -0.494 e. The predicted octanol–water partition coefficient (Wildman–Crippen LogP) is 3.30. The molecule has 0 N–H and O–H groups in total. The Hall–Kier alpha value is -2.87. The number of fused-ring (bicyclic) bond motifs is 1. The first kappa shape index (κ1) is 19.4. The van der Waals surface area contributed by atoms with Crippen LogP contribution in [0.2, 0.25) is 0 Å². The number of nitrogens with zero attached hydrogens (tertiary/aromatic N) is 5. The molecule has 29 heavy (non-hydrogen) atoms. The quantitative estimate of drug-likeness (QED) is 0.582. The largest absolute Gasteiger partial charge is 0.494 e. The highest BCUT2D eigenvalue weighted by atomic mass is 32.2. The fourth-order valence-electron chi connectivity index (χ4n) is 3.76. The smallest absolute Gasteiger partial charge is 0.233 e. The lowest BCUT2D eigenvalue weighted by Gasteiger charge is -2.33. The molecule has 1 unspecified atom stereocenters. The number of amides is 1. The Morgan fingerprint density at radius 3 is 2.90 bits per heavy atom. The van der Waals surface area contributed by atoms with Crippen molar-refractivity contribution in [1.82, 2.24) is 25.1 Å². The number of aryl methyl sites for hydroxylation is 1. The lowest BCUT2D eigenvalue weighted by atomic mass is 9.87. The molecule has 1 atom stereocenters. The van der Waals surface area contributed by atoms with Crippen LogP contribution in [-0.2, 0) is 11.2 Å². The van der Waals surface area contributed by atoms with Crippen molar-refractivity contribution in [3.63, 3.8) is 0 Å². The number of aromatic nitrogens is 4. The van der Waals surface area contributed by atoms with Crippen molar-refractivity contribution in [3.8, 4) is 11.4 Å². The fourth-order valence-corrected chi connectivity index (χ4v) is 4.56. The zero-order valence-electron chi connectivity index (χ0n) is 16.5. The summed E-state index contributed by atoms with van der Waals surface area (Å²) in [6, 6.07) is 16.1. The van der Waals surface area contributed by atoms with Gasteiger partial charge in [-0.1, -0.05) is 48.2 Å². The molecule has 0 aliphatic heterocycles. The molecule has 1 aliphatic rings. The first-order chi connectivity index (χ1) is 14.2. The van der Waals surface area contributed by atoms with E-state index in [9.17, 15) is 4.79 Å². The Labute approximate surface area is 174 Å². The number of methoxy groups -OCH3 is 1. The number of para-hydroxylation sites is 2. The van der Waals surface area contributed by atoms with Gasteiger partial charge in [0.2, 0.25) is 11.1 Å². The molecule has 0 fully saturated rings. The van der Waals surface area contributed by atoms with E-state index in [0.29, 0.717) is 10.9 Å². The summed E-state index contributed by atoms with van der Waals surface area (Å²) in [5.74, 6) is 1.00. The third-order valence-corrected chi connectivity index (χ3v) is 6.18. The first-order valence-corrected chi connectivity index (χ1v) is 10.6. The molecule has 4 rings (SSSR count). The lowest BCUT2D eigenvalue weighted by molar-refractivity contribution is -0.129. The van der Waals surface area contributed by atoms with E-state index in [4.69, 9.17) is 4.74 Å². The van der Waals surface area contributed by atoms with Gasteiger partial charge in [0.15, 0.2) is 0 Å². The van der Waals surface area contributed by atoms with Gasteiger partial charge in [0.25, 0.3) is 0 Å². The molecule has 7 nitrogen and oxygen atoms in total. The van der Waals surface area contributed by atoms with Crippen LogP contribution >= 0.6 is 11.8 Å². The van der Waals surface area contributed by atoms with E-state index >= 15 is 0 Å². The Morgan fingerprint density at radius 2 is 2.03 bits per heavy atom. The van der Waals surface area contributed by atoms with Gasteiger partial charge in [-0.15, -0.1) is 5.10 Å². The van der Waals surface area contributed by atoms with Gasteiger partial charge in [-0.2, -0.15) is 4.68 Å². The normalized spacial score (nSPS) is 15.6. The van der Waals surface area contributed by atoms with E-state index in [1.165, 1.54) is 22.9 Å². The van der Waals surface area contributed by atoms with Gasteiger partial charge < -0.3 is 9.64 Å². The SMILES string of the molecule is COc1ccccc1-n1nnnc1SCC(=O)N(C)C1CCCc2ccccc21. The molecular formula is C21H23N5O2S. The molecule has 1 amide bonds. The lowest BCUT2D eigenvalue weighted by Crippen LogP contribution is -2.34. The summed E-state index contributed by atoms with van der Waals surface area (Å²) in [6.45, 7) is 0. The average molecular weight is 410 g/mol. The number of hydrogen-bond acceptors (Lipinski definition) is 6.